The van der Waals surface area contributed by atoms with E-state index in [0.29, 0.717) is 0 Å². The summed E-state index contributed by atoms with van der Waals surface area (Å²) in [5, 5.41) is 13.2. The molecule has 2 aromatic rings. The molecule has 1 aromatic carbocycles. The SMILES string of the molecule is COc1ccc2c(NCCCCO)ccnc2c1. The monoisotopic (exact) mass is 246 g/mol. The lowest BCUT2D eigenvalue weighted by molar-refractivity contribution is 0.286. The van der Waals surface area contributed by atoms with Crippen molar-refractivity contribution in [2.45, 2.75) is 12.8 Å². The van der Waals surface area contributed by atoms with Crippen LogP contribution in [0.1, 0.15) is 12.8 Å². The number of benzene rings is 1. The summed E-state index contributed by atoms with van der Waals surface area (Å²) in [6.07, 6.45) is 3.57. The van der Waals surface area contributed by atoms with Gasteiger partial charge in [0.1, 0.15) is 5.75 Å². The lowest BCUT2D eigenvalue weighted by Gasteiger charge is -2.09. The molecule has 1 heterocycles. The molecule has 0 atom stereocenters. The average Bonchev–Trinajstić information content (AvgIpc) is 2.43. The Bertz CT molecular complexity index is 514. The number of nitrogens with one attached hydrogen (secondary N) is 1. The third kappa shape index (κ3) is 2.90. The summed E-state index contributed by atoms with van der Waals surface area (Å²) in [5.74, 6) is 0.812. The van der Waals surface area contributed by atoms with Crippen molar-refractivity contribution >= 4 is 16.6 Å². The highest BCUT2D eigenvalue weighted by Crippen LogP contribution is 2.25. The van der Waals surface area contributed by atoms with Gasteiger partial charge in [-0.1, -0.05) is 0 Å². The zero-order valence-corrected chi connectivity index (χ0v) is 10.5. The Morgan fingerprint density at radius 2 is 2.17 bits per heavy atom. The molecular formula is C14H18N2O2. The Morgan fingerprint density at radius 1 is 1.28 bits per heavy atom. The van der Waals surface area contributed by atoms with Crippen LogP contribution in [0.15, 0.2) is 30.5 Å². The van der Waals surface area contributed by atoms with E-state index in [9.17, 15) is 0 Å². The van der Waals surface area contributed by atoms with Gasteiger partial charge < -0.3 is 15.2 Å². The largest absolute Gasteiger partial charge is 0.497 e. The normalized spacial score (nSPS) is 10.6. The number of ether oxygens (including phenoxy) is 1. The number of fused-ring (bicyclic) bond motifs is 1. The van der Waals surface area contributed by atoms with E-state index >= 15 is 0 Å². The summed E-state index contributed by atoms with van der Waals surface area (Å²) in [6, 6.07) is 7.83. The number of rotatable bonds is 6. The lowest BCUT2D eigenvalue weighted by atomic mass is 10.1. The first kappa shape index (κ1) is 12.6. The Morgan fingerprint density at radius 3 is 2.94 bits per heavy atom. The first-order valence-corrected chi connectivity index (χ1v) is 6.12. The van der Waals surface area contributed by atoms with Gasteiger partial charge in [-0.15, -0.1) is 0 Å². The number of hydrogen-bond donors (Lipinski definition) is 2. The minimum Gasteiger partial charge on any atom is -0.497 e. The molecule has 0 radical (unpaired) electrons. The summed E-state index contributed by atoms with van der Waals surface area (Å²) < 4.78 is 5.19. The van der Waals surface area contributed by atoms with E-state index in [1.165, 1.54) is 0 Å². The number of pyridine rings is 1. The highest BCUT2D eigenvalue weighted by Gasteiger charge is 2.02. The summed E-state index contributed by atoms with van der Waals surface area (Å²) in [7, 11) is 1.65. The van der Waals surface area contributed by atoms with E-state index in [4.69, 9.17) is 9.84 Å². The van der Waals surface area contributed by atoms with Crippen LogP contribution >= 0.6 is 0 Å². The van der Waals surface area contributed by atoms with E-state index in [-0.39, 0.29) is 6.61 Å². The van der Waals surface area contributed by atoms with Gasteiger partial charge in [0.15, 0.2) is 0 Å². The molecule has 0 aliphatic heterocycles. The van der Waals surface area contributed by atoms with Gasteiger partial charge in [0.2, 0.25) is 0 Å². The van der Waals surface area contributed by atoms with Gasteiger partial charge in [0, 0.05) is 36.5 Å². The van der Waals surface area contributed by atoms with Crippen LogP contribution in [-0.4, -0.2) is 30.4 Å². The number of hydrogen-bond acceptors (Lipinski definition) is 4. The second-order valence-corrected chi connectivity index (χ2v) is 4.10. The Kier molecular flexibility index (Phi) is 4.36. The van der Waals surface area contributed by atoms with E-state index in [0.717, 1.165) is 41.7 Å². The van der Waals surface area contributed by atoms with E-state index < -0.39 is 0 Å². The van der Waals surface area contributed by atoms with E-state index in [2.05, 4.69) is 10.3 Å². The Balaban J connectivity index is 2.17. The quantitative estimate of drug-likeness (QED) is 0.769. The summed E-state index contributed by atoms with van der Waals surface area (Å²) in [6.45, 7) is 1.10. The first-order chi connectivity index (χ1) is 8.85. The van der Waals surface area contributed by atoms with Crippen LogP contribution in [0.5, 0.6) is 5.75 Å². The predicted octanol–water partition coefficient (Wildman–Crippen LogP) is 2.43. The van der Waals surface area contributed by atoms with Crippen LogP contribution in [-0.2, 0) is 0 Å². The number of methoxy groups -OCH3 is 1. The molecule has 0 unspecified atom stereocenters. The van der Waals surface area contributed by atoms with Crippen LogP contribution < -0.4 is 10.1 Å². The highest BCUT2D eigenvalue weighted by molar-refractivity contribution is 5.91. The molecule has 4 heteroatoms. The van der Waals surface area contributed by atoms with Crippen LogP contribution in [0.3, 0.4) is 0 Å². The van der Waals surface area contributed by atoms with Gasteiger partial charge in [0.05, 0.1) is 12.6 Å². The molecule has 0 amide bonds. The average molecular weight is 246 g/mol. The molecule has 0 aliphatic rings. The molecule has 0 saturated carbocycles. The van der Waals surface area contributed by atoms with Gasteiger partial charge in [-0.2, -0.15) is 0 Å². The van der Waals surface area contributed by atoms with Gasteiger partial charge in [-0.05, 0) is 31.0 Å². The first-order valence-electron chi connectivity index (χ1n) is 6.12. The molecule has 0 fully saturated rings. The Labute approximate surface area is 107 Å². The minimum absolute atomic E-state index is 0.246. The molecule has 4 nitrogen and oxygen atoms in total. The molecule has 0 spiro atoms. The van der Waals surface area contributed by atoms with E-state index in [1.54, 1.807) is 13.3 Å². The number of aliphatic hydroxyl groups excluding tert-OH is 1. The molecule has 1 aromatic heterocycles. The molecule has 2 N–H and O–H groups in total. The molecule has 18 heavy (non-hydrogen) atoms. The number of aromatic nitrogens is 1. The molecule has 96 valence electrons. The molecule has 0 saturated heterocycles. The summed E-state index contributed by atoms with van der Waals surface area (Å²) in [4.78, 5) is 4.33. The number of anilines is 1. The Hall–Kier alpha value is -1.81. The fourth-order valence-electron chi connectivity index (χ4n) is 1.87. The van der Waals surface area contributed by atoms with Crippen molar-refractivity contribution in [2.75, 3.05) is 25.6 Å². The van der Waals surface area contributed by atoms with Crippen molar-refractivity contribution in [3.05, 3.63) is 30.5 Å². The van der Waals surface area contributed by atoms with Crippen LogP contribution in [0.25, 0.3) is 10.9 Å². The minimum atomic E-state index is 0.246. The summed E-state index contributed by atoms with van der Waals surface area (Å²) in [5.41, 5.74) is 1.99. The standard InChI is InChI=1S/C14H18N2O2/c1-18-11-4-5-12-13(15-7-2-3-9-17)6-8-16-14(12)10-11/h4-6,8,10,17H,2-3,7,9H2,1H3,(H,15,16). The maximum atomic E-state index is 8.74. The van der Waals surface area contributed by atoms with Crippen molar-refractivity contribution in [3.63, 3.8) is 0 Å². The van der Waals surface area contributed by atoms with Crippen molar-refractivity contribution in [2.24, 2.45) is 0 Å². The smallest absolute Gasteiger partial charge is 0.121 e. The van der Waals surface area contributed by atoms with Crippen molar-refractivity contribution in [1.29, 1.82) is 0 Å². The third-order valence-electron chi connectivity index (χ3n) is 2.85. The van der Waals surface area contributed by atoms with E-state index in [1.807, 2.05) is 24.3 Å². The van der Waals surface area contributed by atoms with Crippen molar-refractivity contribution in [1.82, 2.24) is 4.98 Å². The molecule has 0 bridgehead atoms. The van der Waals surface area contributed by atoms with Crippen molar-refractivity contribution < 1.29 is 9.84 Å². The van der Waals surface area contributed by atoms with Crippen LogP contribution in [0, 0.1) is 0 Å². The summed E-state index contributed by atoms with van der Waals surface area (Å²) >= 11 is 0. The van der Waals surface area contributed by atoms with Gasteiger partial charge in [-0.25, -0.2) is 0 Å². The number of aliphatic hydroxyl groups is 1. The predicted molar refractivity (Wildman–Crippen MR) is 73.1 cm³/mol. The third-order valence-corrected chi connectivity index (χ3v) is 2.85. The maximum absolute atomic E-state index is 8.74. The second kappa shape index (κ2) is 6.21. The van der Waals surface area contributed by atoms with Crippen LogP contribution in [0.2, 0.25) is 0 Å². The lowest BCUT2D eigenvalue weighted by Crippen LogP contribution is -2.03. The van der Waals surface area contributed by atoms with Crippen molar-refractivity contribution in [3.8, 4) is 5.75 Å². The van der Waals surface area contributed by atoms with Gasteiger partial charge in [-0.3, -0.25) is 4.98 Å². The molecular weight excluding hydrogens is 228 g/mol. The molecule has 2 rings (SSSR count). The number of unbranched alkanes of at least 4 members (excludes halogenated alkanes) is 1. The van der Waals surface area contributed by atoms with Gasteiger partial charge >= 0.3 is 0 Å². The number of nitrogens with zero attached hydrogens (tertiary/aromatic N) is 1. The molecule has 0 aliphatic carbocycles. The maximum Gasteiger partial charge on any atom is 0.121 e. The van der Waals surface area contributed by atoms with Crippen LogP contribution in [0.4, 0.5) is 5.69 Å². The van der Waals surface area contributed by atoms with Gasteiger partial charge in [0.25, 0.3) is 0 Å². The fourth-order valence-corrected chi connectivity index (χ4v) is 1.87. The topological polar surface area (TPSA) is 54.4 Å². The zero-order valence-electron chi connectivity index (χ0n) is 10.5. The zero-order chi connectivity index (χ0) is 12.8. The second-order valence-electron chi connectivity index (χ2n) is 4.10. The highest BCUT2D eigenvalue weighted by atomic mass is 16.5. The fraction of sp³-hybridized carbons (Fsp3) is 0.357.